The van der Waals surface area contributed by atoms with Crippen LogP contribution >= 0.6 is 0 Å². The predicted octanol–water partition coefficient (Wildman–Crippen LogP) is 0.262. The number of nitrogens with one attached hydrogen (secondary N) is 1. The molecular formula is C12H18N4O2. The summed E-state index contributed by atoms with van der Waals surface area (Å²) in [5.74, 6) is 0.379. The second-order valence-electron chi connectivity index (χ2n) is 4.50. The zero-order valence-electron chi connectivity index (χ0n) is 10.2. The maximum absolute atomic E-state index is 11.8. The van der Waals surface area contributed by atoms with Gasteiger partial charge in [0, 0.05) is 18.9 Å². The topological polar surface area (TPSA) is 78.4 Å². The van der Waals surface area contributed by atoms with Crippen molar-refractivity contribution in [1.29, 1.82) is 0 Å². The van der Waals surface area contributed by atoms with E-state index in [1.54, 1.807) is 6.20 Å². The highest BCUT2D eigenvalue weighted by atomic mass is 16.3. The van der Waals surface area contributed by atoms with Gasteiger partial charge in [-0.1, -0.05) is 0 Å². The summed E-state index contributed by atoms with van der Waals surface area (Å²) in [7, 11) is 0. The number of aromatic nitrogens is 2. The Morgan fingerprint density at radius 3 is 3.11 bits per heavy atom. The van der Waals surface area contributed by atoms with Crippen molar-refractivity contribution in [2.45, 2.75) is 25.4 Å². The Hall–Kier alpha value is -1.53. The van der Waals surface area contributed by atoms with Crippen molar-refractivity contribution >= 4 is 11.7 Å². The molecule has 1 aliphatic rings. The highest BCUT2D eigenvalue weighted by Crippen LogP contribution is 2.10. The molecule has 2 heterocycles. The lowest BCUT2D eigenvalue weighted by molar-refractivity contribution is -0.117. The van der Waals surface area contributed by atoms with Crippen LogP contribution in [0.25, 0.3) is 0 Å². The van der Waals surface area contributed by atoms with Crippen LogP contribution < -0.4 is 5.32 Å². The second-order valence-corrected chi connectivity index (χ2v) is 4.50. The number of amides is 1. The van der Waals surface area contributed by atoms with E-state index in [1.165, 1.54) is 12.4 Å². The minimum atomic E-state index is -0.224. The summed E-state index contributed by atoms with van der Waals surface area (Å²) < 4.78 is 0. The van der Waals surface area contributed by atoms with Gasteiger partial charge in [-0.2, -0.15) is 0 Å². The van der Waals surface area contributed by atoms with Gasteiger partial charge in [0.05, 0.1) is 18.8 Å². The number of hydrogen-bond acceptors (Lipinski definition) is 5. The number of hydrogen-bond donors (Lipinski definition) is 2. The summed E-state index contributed by atoms with van der Waals surface area (Å²) in [5.41, 5.74) is 0. The molecule has 98 valence electrons. The van der Waals surface area contributed by atoms with E-state index in [4.69, 9.17) is 0 Å². The standard InChI is InChI=1S/C12H18N4O2/c17-10-2-1-6-16(7-3-10)9-12(18)15-11-8-13-4-5-14-11/h4-5,8,10,17H,1-3,6-7,9H2,(H,14,15,18)/t10-/m1/s1. The molecule has 0 aliphatic carbocycles. The Kier molecular flexibility index (Phi) is 4.60. The Balaban J connectivity index is 1.80. The second kappa shape index (κ2) is 6.42. The number of carbonyl (C=O) groups excluding carboxylic acids is 1. The average Bonchev–Trinajstić information content (AvgIpc) is 2.56. The first-order valence-electron chi connectivity index (χ1n) is 6.20. The number of aliphatic hydroxyl groups is 1. The van der Waals surface area contributed by atoms with Crippen molar-refractivity contribution in [3.8, 4) is 0 Å². The first kappa shape index (κ1) is 12.9. The highest BCUT2D eigenvalue weighted by molar-refractivity contribution is 5.91. The number of carbonyl (C=O) groups is 1. The van der Waals surface area contributed by atoms with Gasteiger partial charge < -0.3 is 10.4 Å². The zero-order chi connectivity index (χ0) is 12.8. The van der Waals surface area contributed by atoms with Crippen LogP contribution in [0, 0.1) is 0 Å². The van der Waals surface area contributed by atoms with Gasteiger partial charge in [0.25, 0.3) is 0 Å². The van der Waals surface area contributed by atoms with E-state index in [0.29, 0.717) is 12.4 Å². The van der Waals surface area contributed by atoms with E-state index in [2.05, 4.69) is 20.2 Å². The SMILES string of the molecule is O=C(CN1CCC[C@@H](O)CC1)Nc1cnccn1. The molecule has 0 spiro atoms. The van der Waals surface area contributed by atoms with E-state index in [0.717, 1.165) is 32.4 Å². The summed E-state index contributed by atoms with van der Waals surface area (Å²) in [5, 5.41) is 12.2. The quantitative estimate of drug-likeness (QED) is 0.804. The monoisotopic (exact) mass is 250 g/mol. The van der Waals surface area contributed by atoms with Gasteiger partial charge in [-0.3, -0.25) is 14.7 Å². The molecule has 1 fully saturated rings. The fourth-order valence-corrected chi connectivity index (χ4v) is 2.05. The van der Waals surface area contributed by atoms with Gasteiger partial charge in [0.1, 0.15) is 0 Å². The van der Waals surface area contributed by atoms with E-state index in [9.17, 15) is 9.90 Å². The maximum Gasteiger partial charge on any atom is 0.239 e. The largest absolute Gasteiger partial charge is 0.393 e. The molecule has 1 aliphatic heterocycles. The van der Waals surface area contributed by atoms with Crippen LogP contribution in [0.3, 0.4) is 0 Å². The maximum atomic E-state index is 11.8. The highest BCUT2D eigenvalue weighted by Gasteiger charge is 2.17. The summed E-state index contributed by atoms with van der Waals surface area (Å²) >= 11 is 0. The van der Waals surface area contributed by atoms with Gasteiger partial charge in [0.15, 0.2) is 5.82 Å². The third kappa shape index (κ3) is 4.05. The van der Waals surface area contributed by atoms with E-state index in [1.807, 2.05) is 0 Å². The average molecular weight is 250 g/mol. The van der Waals surface area contributed by atoms with Gasteiger partial charge in [0.2, 0.25) is 5.91 Å². The predicted molar refractivity (Wildman–Crippen MR) is 67.0 cm³/mol. The molecule has 1 saturated heterocycles. The van der Waals surface area contributed by atoms with Crippen molar-refractivity contribution < 1.29 is 9.90 Å². The molecule has 2 rings (SSSR count). The Labute approximate surface area is 106 Å². The smallest absolute Gasteiger partial charge is 0.239 e. The van der Waals surface area contributed by atoms with E-state index < -0.39 is 0 Å². The first-order valence-corrected chi connectivity index (χ1v) is 6.20. The van der Waals surface area contributed by atoms with Crippen molar-refractivity contribution in [2.75, 3.05) is 25.0 Å². The normalized spacial score (nSPS) is 21.3. The number of aliphatic hydroxyl groups excluding tert-OH is 1. The minimum Gasteiger partial charge on any atom is -0.393 e. The number of nitrogens with zero attached hydrogens (tertiary/aromatic N) is 3. The van der Waals surface area contributed by atoms with Crippen LogP contribution in [0.2, 0.25) is 0 Å². The van der Waals surface area contributed by atoms with Crippen LogP contribution in [0.1, 0.15) is 19.3 Å². The van der Waals surface area contributed by atoms with Crippen LogP contribution in [0.4, 0.5) is 5.82 Å². The van der Waals surface area contributed by atoms with Gasteiger partial charge in [-0.15, -0.1) is 0 Å². The lowest BCUT2D eigenvalue weighted by Crippen LogP contribution is -2.34. The first-order chi connectivity index (χ1) is 8.74. The summed E-state index contributed by atoms with van der Waals surface area (Å²) in [4.78, 5) is 21.7. The van der Waals surface area contributed by atoms with Crippen LogP contribution in [-0.2, 0) is 4.79 Å². The van der Waals surface area contributed by atoms with Crippen LogP contribution in [0.5, 0.6) is 0 Å². The van der Waals surface area contributed by atoms with Crippen molar-refractivity contribution in [1.82, 2.24) is 14.9 Å². The van der Waals surface area contributed by atoms with Crippen LogP contribution in [0.15, 0.2) is 18.6 Å². The zero-order valence-corrected chi connectivity index (χ0v) is 10.2. The fraction of sp³-hybridized carbons (Fsp3) is 0.583. The Morgan fingerprint density at radius 1 is 1.44 bits per heavy atom. The van der Waals surface area contributed by atoms with E-state index in [-0.39, 0.29) is 12.0 Å². The summed E-state index contributed by atoms with van der Waals surface area (Å²) in [6.45, 7) is 1.95. The lowest BCUT2D eigenvalue weighted by atomic mass is 10.2. The third-order valence-electron chi connectivity index (χ3n) is 2.99. The fourth-order valence-electron chi connectivity index (χ4n) is 2.05. The van der Waals surface area contributed by atoms with Crippen molar-refractivity contribution in [3.05, 3.63) is 18.6 Å². The molecule has 1 aromatic heterocycles. The molecular weight excluding hydrogens is 232 g/mol. The Morgan fingerprint density at radius 2 is 2.33 bits per heavy atom. The molecule has 0 saturated carbocycles. The molecule has 0 aromatic carbocycles. The number of anilines is 1. The molecule has 18 heavy (non-hydrogen) atoms. The van der Waals surface area contributed by atoms with Crippen LogP contribution in [-0.4, -0.2) is 51.6 Å². The van der Waals surface area contributed by atoms with Gasteiger partial charge in [-0.05, 0) is 25.8 Å². The molecule has 1 amide bonds. The van der Waals surface area contributed by atoms with Crippen molar-refractivity contribution in [2.24, 2.45) is 0 Å². The molecule has 2 N–H and O–H groups in total. The van der Waals surface area contributed by atoms with Gasteiger partial charge in [-0.25, -0.2) is 4.98 Å². The molecule has 1 atom stereocenters. The molecule has 6 heteroatoms. The van der Waals surface area contributed by atoms with E-state index >= 15 is 0 Å². The minimum absolute atomic E-state index is 0.0908. The molecule has 0 bridgehead atoms. The number of rotatable bonds is 3. The van der Waals surface area contributed by atoms with Crippen molar-refractivity contribution in [3.63, 3.8) is 0 Å². The molecule has 6 nitrogen and oxygen atoms in total. The summed E-state index contributed by atoms with van der Waals surface area (Å²) in [6, 6.07) is 0. The Bertz CT molecular complexity index is 385. The molecule has 1 aromatic rings. The molecule has 0 radical (unpaired) electrons. The molecule has 0 unspecified atom stereocenters. The number of likely N-dealkylation sites (tertiary alicyclic amines) is 1. The third-order valence-corrected chi connectivity index (χ3v) is 2.99. The van der Waals surface area contributed by atoms with Gasteiger partial charge >= 0.3 is 0 Å². The lowest BCUT2D eigenvalue weighted by Gasteiger charge is -2.18. The summed E-state index contributed by atoms with van der Waals surface area (Å²) in [6.07, 6.45) is 6.88.